The van der Waals surface area contributed by atoms with Gasteiger partial charge in [-0.3, -0.25) is 4.79 Å². The molecule has 5 aromatic carbocycles. The monoisotopic (exact) mass is 404 g/mol. The van der Waals surface area contributed by atoms with Crippen LogP contribution in [-0.2, 0) is 0 Å². The quantitative estimate of drug-likeness (QED) is 0.164. The fraction of sp³-hybridized carbons (Fsp3) is 0.300. The van der Waals surface area contributed by atoms with E-state index in [2.05, 4.69) is 63.2 Å². The Balaban J connectivity index is 1.78. The first-order valence-corrected chi connectivity index (χ1v) is 11.7. The molecule has 0 N–H and O–H groups in total. The fourth-order valence-corrected chi connectivity index (χ4v) is 6.30. The SMILES string of the molecule is Cc1ccc2c3ccc(C4CCC(C)CC4)c4c(C)ccc(c5ccc(C=O)c1c52)c43. The van der Waals surface area contributed by atoms with Crippen molar-refractivity contribution in [3.63, 3.8) is 0 Å². The first kappa shape index (κ1) is 18.8. The maximum atomic E-state index is 11.8. The van der Waals surface area contributed by atoms with Gasteiger partial charge in [0, 0.05) is 5.56 Å². The molecule has 0 aliphatic heterocycles. The smallest absolute Gasteiger partial charge is 0.150 e. The lowest BCUT2D eigenvalue weighted by molar-refractivity contribution is 0.112. The number of hydrogen-bond acceptors (Lipinski definition) is 1. The van der Waals surface area contributed by atoms with Gasteiger partial charge in [0.15, 0.2) is 6.29 Å². The van der Waals surface area contributed by atoms with Crippen LogP contribution in [0.25, 0.3) is 43.1 Å². The zero-order valence-corrected chi connectivity index (χ0v) is 18.6. The number of rotatable bonds is 2. The summed E-state index contributed by atoms with van der Waals surface area (Å²) >= 11 is 0. The van der Waals surface area contributed by atoms with Gasteiger partial charge in [0.05, 0.1) is 0 Å². The average molecular weight is 405 g/mol. The molecule has 1 aliphatic carbocycles. The van der Waals surface area contributed by atoms with E-state index in [1.165, 1.54) is 74.5 Å². The van der Waals surface area contributed by atoms with E-state index in [4.69, 9.17) is 0 Å². The van der Waals surface area contributed by atoms with Crippen LogP contribution in [0.3, 0.4) is 0 Å². The summed E-state index contributed by atoms with van der Waals surface area (Å²) in [7, 11) is 0. The molecule has 1 nitrogen and oxygen atoms in total. The molecule has 6 rings (SSSR count). The number of benzene rings is 5. The Labute approximate surface area is 183 Å². The van der Waals surface area contributed by atoms with Gasteiger partial charge in [-0.2, -0.15) is 0 Å². The van der Waals surface area contributed by atoms with Crippen LogP contribution >= 0.6 is 0 Å². The van der Waals surface area contributed by atoms with Crippen molar-refractivity contribution in [1.82, 2.24) is 0 Å². The van der Waals surface area contributed by atoms with Crippen LogP contribution in [0, 0.1) is 19.8 Å². The second-order valence-corrected chi connectivity index (χ2v) is 9.84. The second kappa shape index (κ2) is 6.79. The van der Waals surface area contributed by atoms with Gasteiger partial charge < -0.3 is 0 Å². The molecule has 1 saturated carbocycles. The highest BCUT2D eigenvalue weighted by Gasteiger charge is 2.24. The van der Waals surface area contributed by atoms with E-state index in [0.717, 1.165) is 23.2 Å². The second-order valence-electron chi connectivity index (χ2n) is 9.84. The number of hydrogen-bond donors (Lipinski definition) is 0. The molecule has 0 spiro atoms. The van der Waals surface area contributed by atoms with Gasteiger partial charge in [-0.25, -0.2) is 0 Å². The Morgan fingerprint density at radius 1 is 0.645 bits per heavy atom. The first-order chi connectivity index (χ1) is 15.1. The lowest BCUT2D eigenvalue weighted by Gasteiger charge is -2.28. The molecule has 0 atom stereocenters. The molecule has 0 aromatic heterocycles. The molecule has 0 amide bonds. The predicted molar refractivity (Wildman–Crippen MR) is 133 cm³/mol. The zero-order chi connectivity index (χ0) is 21.3. The molecule has 0 unspecified atom stereocenters. The van der Waals surface area contributed by atoms with Gasteiger partial charge in [0.25, 0.3) is 0 Å². The third kappa shape index (κ3) is 2.59. The normalized spacial score (nSPS) is 19.7. The maximum absolute atomic E-state index is 11.8. The summed E-state index contributed by atoms with van der Waals surface area (Å²) in [5, 5.41) is 10.4. The summed E-state index contributed by atoms with van der Waals surface area (Å²) < 4.78 is 0. The summed E-state index contributed by atoms with van der Waals surface area (Å²) in [5.41, 5.74) is 4.88. The van der Waals surface area contributed by atoms with Crippen LogP contribution in [0.2, 0.25) is 0 Å². The van der Waals surface area contributed by atoms with Crippen molar-refractivity contribution in [2.75, 3.05) is 0 Å². The Morgan fingerprint density at radius 3 is 1.77 bits per heavy atom. The first-order valence-electron chi connectivity index (χ1n) is 11.7. The van der Waals surface area contributed by atoms with Crippen LogP contribution in [0.5, 0.6) is 0 Å². The third-order valence-corrected chi connectivity index (χ3v) is 7.97. The zero-order valence-electron chi connectivity index (χ0n) is 18.6. The summed E-state index contributed by atoms with van der Waals surface area (Å²) in [5.74, 6) is 1.52. The minimum atomic E-state index is 0.663. The van der Waals surface area contributed by atoms with Crippen molar-refractivity contribution < 1.29 is 4.79 Å². The van der Waals surface area contributed by atoms with Crippen molar-refractivity contribution in [2.45, 2.75) is 52.4 Å². The highest BCUT2D eigenvalue weighted by Crippen LogP contribution is 2.46. The summed E-state index contributed by atoms with van der Waals surface area (Å²) in [6.07, 6.45) is 6.27. The third-order valence-electron chi connectivity index (χ3n) is 7.97. The number of carbonyl (C=O) groups excluding carboxylic acids is 1. The summed E-state index contributed by atoms with van der Waals surface area (Å²) in [6, 6.07) is 18.0. The molecule has 0 saturated heterocycles. The molecule has 1 heteroatoms. The molecule has 31 heavy (non-hydrogen) atoms. The van der Waals surface area contributed by atoms with Crippen LogP contribution in [0.15, 0.2) is 48.5 Å². The molecular weight excluding hydrogens is 376 g/mol. The summed E-state index contributed by atoms with van der Waals surface area (Å²) in [4.78, 5) is 11.8. The molecular formula is C30H28O. The van der Waals surface area contributed by atoms with Crippen LogP contribution in [-0.4, -0.2) is 6.29 Å². The number of fused-ring (bicyclic) bond motifs is 2. The maximum Gasteiger partial charge on any atom is 0.150 e. The fourth-order valence-electron chi connectivity index (χ4n) is 6.30. The Kier molecular flexibility index (Phi) is 4.12. The lowest BCUT2D eigenvalue weighted by Crippen LogP contribution is -2.11. The van der Waals surface area contributed by atoms with Gasteiger partial charge in [-0.15, -0.1) is 0 Å². The van der Waals surface area contributed by atoms with E-state index in [-0.39, 0.29) is 0 Å². The van der Waals surface area contributed by atoms with E-state index < -0.39 is 0 Å². The highest BCUT2D eigenvalue weighted by atomic mass is 16.1. The molecule has 1 aliphatic rings. The molecule has 1 fully saturated rings. The molecule has 0 bridgehead atoms. The average Bonchev–Trinajstić information content (AvgIpc) is 2.79. The molecule has 0 heterocycles. The van der Waals surface area contributed by atoms with Crippen LogP contribution in [0.1, 0.15) is 65.6 Å². The highest BCUT2D eigenvalue weighted by molar-refractivity contribution is 6.34. The minimum absolute atomic E-state index is 0.663. The van der Waals surface area contributed by atoms with Crippen molar-refractivity contribution in [3.8, 4) is 0 Å². The number of aldehydes is 1. The van der Waals surface area contributed by atoms with Crippen molar-refractivity contribution in [2.24, 2.45) is 5.92 Å². The Bertz CT molecular complexity index is 1460. The van der Waals surface area contributed by atoms with E-state index >= 15 is 0 Å². The largest absolute Gasteiger partial charge is 0.298 e. The minimum Gasteiger partial charge on any atom is -0.298 e. The van der Waals surface area contributed by atoms with Gasteiger partial charge >= 0.3 is 0 Å². The van der Waals surface area contributed by atoms with E-state index in [1.54, 1.807) is 5.56 Å². The number of aryl methyl sites for hydroxylation is 2. The van der Waals surface area contributed by atoms with Gasteiger partial charge in [0.1, 0.15) is 0 Å². The Morgan fingerprint density at radius 2 is 1.16 bits per heavy atom. The van der Waals surface area contributed by atoms with Crippen LogP contribution < -0.4 is 0 Å². The van der Waals surface area contributed by atoms with Gasteiger partial charge in [-0.05, 0) is 98.3 Å². The van der Waals surface area contributed by atoms with Crippen molar-refractivity contribution >= 4 is 49.4 Å². The van der Waals surface area contributed by atoms with E-state index in [9.17, 15) is 4.79 Å². The molecule has 0 radical (unpaired) electrons. The van der Waals surface area contributed by atoms with Crippen molar-refractivity contribution in [3.05, 3.63) is 70.8 Å². The van der Waals surface area contributed by atoms with Crippen LogP contribution in [0.4, 0.5) is 0 Å². The summed E-state index contributed by atoms with van der Waals surface area (Å²) in [6.45, 7) is 6.78. The molecule has 154 valence electrons. The standard InChI is InChI=1S/C30H28O/c1-17-4-8-20(9-5-17)22-14-15-26-23-11-6-18(2)27-21(16-31)10-13-25(29(23)27)24-12-7-19(3)28(22)30(24)26/h6-7,10-17,20H,4-5,8-9H2,1-3H3. The molecule has 5 aromatic rings. The lowest BCUT2D eigenvalue weighted by atomic mass is 9.76. The predicted octanol–water partition coefficient (Wildman–Crippen LogP) is 8.46. The van der Waals surface area contributed by atoms with Gasteiger partial charge in [-0.1, -0.05) is 68.3 Å². The van der Waals surface area contributed by atoms with E-state index in [0.29, 0.717) is 5.92 Å². The van der Waals surface area contributed by atoms with E-state index in [1.807, 2.05) is 6.07 Å². The topological polar surface area (TPSA) is 17.1 Å². The number of carbonyl (C=O) groups is 1. The van der Waals surface area contributed by atoms with Crippen molar-refractivity contribution in [1.29, 1.82) is 0 Å². The Hall–Kier alpha value is -2.93. The van der Waals surface area contributed by atoms with Gasteiger partial charge in [0.2, 0.25) is 0 Å².